The zero-order valence-corrected chi connectivity index (χ0v) is 12.1. The van der Waals surface area contributed by atoms with Gasteiger partial charge in [0.2, 0.25) is 0 Å². The maximum Gasteiger partial charge on any atom is 0.339 e. The minimum Gasteiger partial charge on any atom is -0.507 e. The van der Waals surface area contributed by atoms with E-state index in [1.54, 1.807) is 0 Å². The predicted molar refractivity (Wildman–Crippen MR) is 72.2 cm³/mol. The van der Waals surface area contributed by atoms with Gasteiger partial charge in [0.15, 0.2) is 0 Å². The first kappa shape index (κ1) is 16.2. The van der Waals surface area contributed by atoms with Crippen LogP contribution in [0.5, 0.6) is 5.75 Å². The van der Waals surface area contributed by atoms with Gasteiger partial charge < -0.3 is 10.2 Å². The fourth-order valence-corrected chi connectivity index (χ4v) is 3.22. The summed E-state index contributed by atoms with van der Waals surface area (Å²) in [6, 6.07) is 2.88. The lowest BCUT2D eigenvalue weighted by atomic mass is 10.1. The van der Waals surface area contributed by atoms with Crippen molar-refractivity contribution in [3.05, 3.63) is 29.8 Å². The van der Waals surface area contributed by atoms with E-state index >= 15 is 0 Å². The molecule has 11 heteroatoms. The van der Waals surface area contributed by atoms with Crippen LogP contribution in [0.3, 0.4) is 0 Å². The molecule has 0 aliphatic rings. The van der Waals surface area contributed by atoms with Crippen molar-refractivity contribution in [2.24, 2.45) is 0 Å². The van der Waals surface area contributed by atoms with Crippen LogP contribution < -0.4 is 0 Å². The van der Waals surface area contributed by atoms with Gasteiger partial charge in [0.05, 0.1) is 4.90 Å². The number of carbonyl (C=O) groups is 1. The second-order valence-corrected chi connectivity index (χ2v) is 7.08. The quantitative estimate of drug-likeness (QED) is 0.585. The van der Waals surface area contributed by atoms with E-state index in [1.165, 1.54) is 0 Å². The highest BCUT2D eigenvalue weighted by molar-refractivity contribution is 7.86. The van der Waals surface area contributed by atoms with Gasteiger partial charge in [-0.05, 0) is 29.7 Å². The zero-order valence-electron chi connectivity index (χ0n) is 10.5. The smallest absolute Gasteiger partial charge is 0.339 e. The average Bonchev–Trinajstić information content (AvgIpc) is 2.33. The third kappa shape index (κ3) is 2.87. The van der Waals surface area contributed by atoms with Crippen LogP contribution in [0.4, 0.5) is 0 Å². The van der Waals surface area contributed by atoms with Crippen LogP contribution >= 0.6 is 0 Å². The summed E-state index contributed by atoms with van der Waals surface area (Å²) in [5.74, 6) is -2.31. The van der Waals surface area contributed by atoms with E-state index in [2.05, 4.69) is 0 Å². The minimum atomic E-state index is -4.90. The Morgan fingerprint density at radius 1 is 0.909 bits per heavy atom. The van der Waals surface area contributed by atoms with Crippen LogP contribution in [0.15, 0.2) is 34.1 Å². The standard InChI is InChI=1S/C11H8O9S2/c12-9-4-7-5(2-8(9)11(13)14)1-6(21(15,16)17)3-10(7)22(18,19)20/h1-4,12H,(H,13,14)(H,15,16,17)(H,18,19,20). The van der Waals surface area contributed by atoms with Crippen molar-refractivity contribution < 1.29 is 40.9 Å². The molecule has 0 saturated heterocycles. The first-order valence-electron chi connectivity index (χ1n) is 5.40. The van der Waals surface area contributed by atoms with Crippen LogP contribution in [0.25, 0.3) is 10.8 Å². The molecule has 2 rings (SSSR count). The number of aromatic hydroxyl groups is 1. The number of carboxylic acid groups (broad SMARTS) is 1. The Labute approximate surface area is 123 Å². The Hall–Kier alpha value is -2.21. The molecular formula is C11H8O9S2. The fourth-order valence-electron chi connectivity index (χ4n) is 1.87. The highest BCUT2D eigenvalue weighted by atomic mass is 32.2. The molecule has 9 nitrogen and oxygen atoms in total. The monoisotopic (exact) mass is 348 g/mol. The van der Waals surface area contributed by atoms with Crippen LogP contribution in [-0.4, -0.2) is 42.1 Å². The van der Waals surface area contributed by atoms with Gasteiger partial charge >= 0.3 is 5.97 Å². The molecule has 4 N–H and O–H groups in total. The van der Waals surface area contributed by atoms with Crippen LogP contribution in [0, 0.1) is 0 Å². The highest BCUT2D eigenvalue weighted by Gasteiger charge is 2.22. The number of hydrogen-bond acceptors (Lipinski definition) is 6. The number of carboxylic acids is 1. The topological polar surface area (TPSA) is 166 Å². The van der Waals surface area contributed by atoms with Gasteiger partial charge in [-0.15, -0.1) is 0 Å². The van der Waals surface area contributed by atoms with Gasteiger partial charge in [-0.25, -0.2) is 4.79 Å². The van der Waals surface area contributed by atoms with Crippen molar-refractivity contribution in [2.75, 3.05) is 0 Å². The van der Waals surface area contributed by atoms with Crippen LogP contribution in [0.1, 0.15) is 10.4 Å². The number of rotatable bonds is 3. The SMILES string of the molecule is O=C(O)c1cc2cc(S(=O)(=O)O)cc(S(=O)(=O)O)c2cc1O. The molecule has 118 valence electrons. The van der Waals surface area contributed by atoms with Crippen molar-refractivity contribution in [3.8, 4) is 5.75 Å². The zero-order chi connectivity index (χ0) is 16.9. The fraction of sp³-hybridized carbons (Fsp3) is 0. The van der Waals surface area contributed by atoms with Crippen molar-refractivity contribution in [3.63, 3.8) is 0 Å². The van der Waals surface area contributed by atoms with Crippen molar-refractivity contribution in [1.82, 2.24) is 0 Å². The van der Waals surface area contributed by atoms with Crippen LogP contribution in [0.2, 0.25) is 0 Å². The molecule has 0 fully saturated rings. The van der Waals surface area contributed by atoms with E-state index in [0.717, 1.165) is 18.2 Å². The third-order valence-electron chi connectivity index (χ3n) is 2.81. The van der Waals surface area contributed by atoms with E-state index in [9.17, 15) is 26.7 Å². The number of fused-ring (bicyclic) bond motifs is 1. The summed E-state index contributed by atoms with van der Waals surface area (Å²) in [5, 5.41) is 17.9. The summed E-state index contributed by atoms with van der Waals surface area (Å²) in [7, 11) is -9.70. The molecule has 0 aliphatic carbocycles. The summed E-state index contributed by atoms with van der Waals surface area (Å²) in [6.45, 7) is 0. The summed E-state index contributed by atoms with van der Waals surface area (Å²) >= 11 is 0. The van der Waals surface area contributed by atoms with Gasteiger partial charge in [0, 0.05) is 5.39 Å². The number of benzene rings is 2. The summed E-state index contributed by atoms with van der Waals surface area (Å²) in [6.07, 6.45) is 0. The van der Waals surface area contributed by atoms with Gasteiger partial charge in [-0.1, -0.05) is 0 Å². The van der Waals surface area contributed by atoms with E-state index in [1.807, 2.05) is 0 Å². The van der Waals surface area contributed by atoms with E-state index in [-0.39, 0.29) is 10.8 Å². The lowest BCUT2D eigenvalue weighted by Crippen LogP contribution is -2.05. The lowest BCUT2D eigenvalue weighted by Gasteiger charge is -2.09. The van der Waals surface area contributed by atoms with Gasteiger partial charge in [0.25, 0.3) is 20.2 Å². The Bertz CT molecular complexity index is 1000. The van der Waals surface area contributed by atoms with E-state index < -0.39 is 47.3 Å². The Kier molecular flexibility index (Phi) is 3.61. The van der Waals surface area contributed by atoms with Crippen molar-refractivity contribution in [2.45, 2.75) is 9.79 Å². The molecule has 0 radical (unpaired) electrons. The summed E-state index contributed by atoms with van der Waals surface area (Å²) in [5.41, 5.74) is -0.610. The first-order chi connectivity index (χ1) is 9.91. The molecule has 2 aromatic rings. The first-order valence-corrected chi connectivity index (χ1v) is 8.28. The molecule has 0 spiro atoms. The van der Waals surface area contributed by atoms with Gasteiger partial charge in [-0.2, -0.15) is 16.8 Å². The predicted octanol–water partition coefficient (Wildman–Crippen LogP) is 0.737. The van der Waals surface area contributed by atoms with E-state index in [0.29, 0.717) is 6.07 Å². The second-order valence-electron chi connectivity index (χ2n) is 4.27. The molecule has 0 unspecified atom stereocenters. The molecule has 0 saturated carbocycles. The van der Waals surface area contributed by atoms with Gasteiger partial charge in [-0.3, -0.25) is 9.11 Å². The van der Waals surface area contributed by atoms with Gasteiger partial charge in [0.1, 0.15) is 16.2 Å². The molecule has 0 atom stereocenters. The third-order valence-corrected chi connectivity index (χ3v) is 4.54. The molecule has 0 aliphatic heterocycles. The summed E-state index contributed by atoms with van der Waals surface area (Å²) in [4.78, 5) is 9.18. The number of aromatic carboxylic acids is 1. The molecule has 0 amide bonds. The Morgan fingerprint density at radius 2 is 1.50 bits per heavy atom. The molecular weight excluding hydrogens is 340 g/mol. The minimum absolute atomic E-state index is 0.224. The van der Waals surface area contributed by atoms with Crippen molar-refractivity contribution in [1.29, 1.82) is 0 Å². The Morgan fingerprint density at radius 3 is 1.95 bits per heavy atom. The van der Waals surface area contributed by atoms with Crippen LogP contribution in [-0.2, 0) is 20.2 Å². The normalized spacial score (nSPS) is 12.5. The van der Waals surface area contributed by atoms with E-state index in [4.69, 9.17) is 14.2 Å². The molecule has 0 heterocycles. The van der Waals surface area contributed by atoms with Crippen molar-refractivity contribution >= 4 is 37.0 Å². The second kappa shape index (κ2) is 4.91. The maximum absolute atomic E-state index is 11.3. The number of hydrogen-bond donors (Lipinski definition) is 4. The highest BCUT2D eigenvalue weighted by Crippen LogP contribution is 2.32. The largest absolute Gasteiger partial charge is 0.507 e. The number of phenols is 1. The Balaban J connectivity index is 3.05. The molecule has 22 heavy (non-hydrogen) atoms. The lowest BCUT2D eigenvalue weighted by molar-refractivity contribution is 0.0694. The maximum atomic E-state index is 11.3. The molecule has 0 bridgehead atoms. The molecule has 0 aromatic heterocycles. The average molecular weight is 348 g/mol. The summed E-state index contributed by atoms with van der Waals surface area (Å²) < 4.78 is 63.1. The molecule has 2 aromatic carbocycles.